The van der Waals surface area contributed by atoms with E-state index in [1.807, 2.05) is 18.2 Å². The second-order valence-corrected chi connectivity index (χ2v) is 4.94. The number of hydrogen-bond donors (Lipinski definition) is 0. The molecule has 0 bridgehead atoms. The maximum atomic E-state index is 12.1. The molecule has 1 unspecified atom stereocenters. The molecule has 1 aromatic carbocycles. The number of hydrogen-bond acceptors (Lipinski definition) is 4. The van der Waals surface area contributed by atoms with Crippen molar-refractivity contribution in [2.45, 2.75) is 4.95 Å². The normalized spacial score (nSPS) is 17.5. The third-order valence-corrected chi connectivity index (χ3v) is 3.51. The number of nitrogens with zero attached hydrogens (tertiary/aromatic N) is 2. The number of alkyl halides is 1. The van der Waals surface area contributed by atoms with Gasteiger partial charge < -0.3 is 4.90 Å². The number of ketones is 1. The van der Waals surface area contributed by atoms with Crippen LogP contribution in [0.15, 0.2) is 48.7 Å². The minimum Gasteiger partial charge on any atom is -0.354 e. The van der Waals surface area contributed by atoms with E-state index >= 15 is 0 Å². The van der Waals surface area contributed by atoms with Crippen LogP contribution in [0.4, 0.5) is 5.69 Å². The van der Waals surface area contributed by atoms with Gasteiger partial charge in [-0.05, 0) is 6.08 Å². The lowest BCUT2D eigenvalue weighted by molar-refractivity contribution is -0.384. The topological polar surface area (TPSA) is 63.5 Å². The maximum Gasteiger partial charge on any atom is 0.270 e. The SMILES string of the molecule is O=C(CN1C=CC=CC1Br)c1cccc([N+](=O)[O-])c1. The Morgan fingerprint density at radius 1 is 1.42 bits per heavy atom. The Bertz CT molecular complexity index is 569. The van der Waals surface area contributed by atoms with Crippen molar-refractivity contribution < 1.29 is 9.72 Å². The molecule has 1 heterocycles. The number of allylic oxidation sites excluding steroid dienone is 2. The molecule has 0 saturated carbocycles. The van der Waals surface area contributed by atoms with Gasteiger partial charge in [-0.15, -0.1) is 0 Å². The molecule has 0 aromatic heterocycles. The van der Waals surface area contributed by atoms with Gasteiger partial charge in [-0.2, -0.15) is 0 Å². The Kier molecular flexibility index (Phi) is 4.11. The summed E-state index contributed by atoms with van der Waals surface area (Å²) < 4.78 is 0. The summed E-state index contributed by atoms with van der Waals surface area (Å²) in [5.41, 5.74) is 0.271. The Morgan fingerprint density at radius 2 is 2.21 bits per heavy atom. The van der Waals surface area contributed by atoms with Crippen molar-refractivity contribution in [2.75, 3.05) is 6.54 Å². The molecular formula is C13H11BrN2O3. The van der Waals surface area contributed by atoms with Crippen LogP contribution >= 0.6 is 15.9 Å². The number of Topliss-reactive ketones (excluding diaryl/α,β-unsaturated/α-hetero) is 1. The second kappa shape index (κ2) is 5.79. The molecule has 0 amide bonds. The molecule has 6 heteroatoms. The number of carbonyl (C=O) groups excluding carboxylic acids is 1. The monoisotopic (exact) mass is 322 g/mol. The number of non-ortho nitro benzene ring substituents is 1. The van der Waals surface area contributed by atoms with E-state index in [0.717, 1.165) is 0 Å². The zero-order valence-electron chi connectivity index (χ0n) is 9.90. The van der Waals surface area contributed by atoms with Crippen molar-refractivity contribution in [3.05, 3.63) is 64.4 Å². The predicted octanol–water partition coefficient (Wildman–Crippen LogP) is 2.88. The summed E-state index contributed by atoms with van der Waals surface area (Å²) in [5, 5.41) is 10.7. The Morgan fingerprint density at radius 3 is 2.89 bits per heavy atom. The van der Waals surface area contributed by atoms with E-state index in [9.17, 15) is 14.9 Å². The fourth-order valence-corrected chi connectivity index (χ4v) is 2.16. The Labute approximate surface area is 118 Å². The molecule has 2 rings (SSSR count). The molecule has 1 aromatic rings. The van der Waals surface area contributed by atoms with E-state index in [-0.39, 0.29) is 23.0 Å². The van der Waals surface area contributed by atoms with E-state index in [1.54, 1.807) is 17.2 Å². The van der Waals surface area contributed by atoms with Crippen LogP contribution in [-0.4, -0.2) is 27.1 Å². The van der Waals surface area contributed by atoms with Gasteiger partial charge in [0.05, 0.1) is 11.5 Å². The number of benzene rings is 1. The average molecular weight is 323 g/mol. The van der Waals surface area contributed by atoms with Gasteiger partial charge in [0.25, 0.3) is 5.69 Å². The predicted molar refractivity (Wildman–Crippen MR) is 75.1 cm³/mol. The first-order valence-corrected chi connectivity index (χ1v) is 6.52. The van der Waals surface area contributed by atoms with Gasteiger partial charge in [0, 0.05) is 23.9 Å². The quantitative estimate of drug-likeness (QED) is 0.281. The van der Waals surface area contributed by atoms with Crippen molar-refractivity contribution >= 4 is 27.4 Å². The van der Waals surface area contributed by atoms with Crippen molar-refractivity contribution in [1.29, 1.82) is 0 Å². The van der Waals surface area contributed by atoms with Gasteiger partial charge in [-0.1, -0.05) is 40.2 Å². The highest BCUT2D eigenvalue weighted by molar-refractivity contribution is 9.09. The Balaban J connectivity index is 2.12. The van der Waals surface area contributed by atoms with E-state index in [0.29, 0.717) is 5.56 Å². The van der Waals surface area contributed by atoms with Gasteiger partial charge >= 0.3 is 0 Å². The van der Waals surface area contributed by atoms with Gasteiger partial charge in [-0.3, -0.25) is 14.9 Å². The van der Waals surface area contributed by atoms with Gasteiger partial charge in [0.15, 0.2) is 5.78 Å². The first-order chi connectivity index (χ1) is 9.08. The fraction of sp³-hybridized carbons (Fsp3) is 0.154. The summed E-state index contributed by atoms with van der Waals surface area (Å²) in [7, 11) is 0. The third-order valence-electron chi connectivity index (χ3n) is 2.68. The van der Waals surface area contributed by atoms with Crippen molar-refractivity contribution in [2.24, 2.45) is 0 Å². The second-order valence-electron chi connectivity index (χ2n) is 4.00. The van der Waals surface area contributed by atoms with Crippen LogP contribution in [0.1, 0.15) is 10.4 Å². The summed E-state index contributed by atoms with van der Waals surface area (Å²) in [6.07, 6.45) is 7.42. The van der Waals surface area contributed by atoms with E-state index in [1.165, 1.54) is 18.2 Å². The molecule has 1 atom stereocenters. The maximum absolute atomic E-state index is 12.1. The van der Waals surface area contributed by atoms with E-state index < -0.39 is 4.92 Å². The van der Waals surface area contributed by atoms with Crippen molar-refractivity contribution in [1.82, 2.24) is 4.90 Å². The van der Waals surface area contributed by atoms with Crippen LogP contribution in [0, 0.1) is 10.1 Å². The lowest BCUT2D eigenvalue weighted by Gasteiger charge is -2.25. The molecule has 0 radical (unpaired) electrons. The molecule has 98 valence electrons. The molecule has 19 heavy (non-hydrogen) atoms. The molecule has 0 fully saturated rings. The number of halogens is 1. The number of nitro benzene ring substituents is 1. The molecule has 0 saturated heterocycles. The Hall–Kier alpha value is -1.95. The zero-order valence-corrected chi connectivity index (χ0v) is 11.5. The van der Waals surface area contributed by atoms with Gasteiger partial charge in [0.1, 0.15) is 4.95 Å². The highest BCUT2D eigenvalue weighted by Gasteiger charge is 2.17. The standard InChI is InChI=1S/C13H11BrN2O3/c14-13-6-1-2-7-15(13)9-12(17)10-4-3-5-11(8-10)16(18)19/h1-8,13H,9H2. The molecular weight excluding hydrogens is 312 g/mol. The zero-order chi connectivity index (χ0) is 13.8. The van der Waals surface area contributed by atoms with Crippen molar-refractivity contribution in [3.63, 3.8) is 0 Å². The summed E-state index contributed by atoms with van der Waals surface area (Å²) >= 11 is 3.42. The first-order valence-electron chi connectivity index (χ1n) is 5.60. The molecule has 1 aliphatic rings. The summed E-state index contributed by atoms with van der Waals surface area (Å²) in [5.74, 6) is -0.159. The summed E-state index contributed by atoms with van der Waals surface area (Å²) in [4.78, 5) is 24.0. The summed E-state index contributed by atoms with van der Waals surface area (Å²) in [6.45, 7) is 0.165. The highest BCUT2D eigenvalue weighted by atomic mass is 79.9. The molecule has 0 N–H and O–H groups in total. The minimum absolute atomic E-state index is 0.0415. The molecule has 1 aliphatic heterocycles. The van der Waals surface area contributed by atoms with E-state index in [4.69, 9.17) is 0 Å². The molecule has 5 nitrogen and oxygen atoms in total. The lowest BCUT2D eigenvalue weighted by Crippen LogP contribution is -2.31. The van der Waals surface area contributed by atoms with Crippen LogP contribution in [0.5, 0.6) is 0 Å². The van der Waals surface area contributed by atoms with Crippen LogP contribution < -0.4 is 0 Å². The van der Waals surface area contributed by atoms with Gasteiger partial charge in [0.2, 0.25) is 0 Å². The lowest BCUT2D eigenvalue weighted by atomic mass is 10.1. The number of carbonyl (C=O) groups is 1. The fourth-order valence-electron chi connectivity index (χ4n) is 1.70. The first kappa shape index (κ1) is 13.5. The molecule has 0 aliphatic carbocycles. The smallest absolute Gasteiger partial charge is 0.270 e. The van der Waals surface area contributed by atoms with Crippen LogP contribution in [0.3, 0.4) is 0 Å². The largest absolute Gasteiger partial charge is 0.354 e. The van der Waals surface area contributed by atoms with Crippen LogP contribution in [0.25, 0.3) is 0 Å². The highest BCUT2D eigenvalue weighted by Crippen LogP contribution is 2.17. The third kappa shape index (κ3) is 3.29. The number of nitro groups is 1. The van der Waals surface area contributed by atoms with Gasteiger partial charge in [-0.25, -0.2) is 0 Å². The van der Waals surface area contributed by atoms with E-state index in [2.05, 4.69) is 15.9 Å². The summed E-state index contributed by atoms with van der Waals surface area (Å²) in [6, 6.07) is 5.77. The van der Waals surface area contributed by atoms with Crippen molar-refractivity contribution in [3.8, 4) is 0 Å². The van der Waals surface area contributed by atoms with Crippen LogP contribution in [-0.2, 0) is 0 Å². The average Bonchev–Trinajstić information content (AvgIpc) is 2.41. The van der Waals surface area contributed by atoms with Crippen LogP contribution in [0.2, 0.25) is 0 Å². The minimum atomic E-state index is -0.506. The number of rotatable bonds is 4. The molecule has 0 spiro atoms.